The molecule has 1 unspecified atom stereocenters. The maximum absolute atomic E-state index is 11.1. The lowest BCUT2D eigenvalue weighted by molar-refractivity contribution is -0.142. The van der Waals surface area contributed by atoms with E-state index in [0.717, 1.165) is 0 Å². The van der Waals surface area contributed by atoms with Crippen molar-refractivity contribution in [2.24, 2.45) is 5.73 Å². The van der Waals surface area contributed by atoms with Crippen molar-refractivity contribution in [2.75, 3.05) is 7.11 Å². The van der Waals surface area contributed by atoms with Gasteiger partial charge in [0.05, 0.1) is 12.7 Å². The molecule has 0 bridgehead atoms. The monoisotopic (exact) mass is 223 g/mol. The van der Waals surface area contributed by atoms with Gasteiger partial charge in [0, 0.05) is 0 Å². The number of ether oxygens (including phenoxy) is 1. The van der Waals surface area contributed by atoms with Crippen LogP contribution in [0.15, 0.2) is 24.3 Å². The first-order valence-electron chi connectivity index (χ1n) is 4.70. The smallest absolute Gasteiger partial charge is 0.335 e. The number of carboxylic acid groups (broad SMARTS) is 1. The van der Waals surface area contributed by atoms with Crippen LogP contribution in [-0.4, -0.2) is 30.2 Å². The van der Waals surface area contributed by atoms with E-state index in [1.807, 2.05) is 0 Å². The molecule has 0 saturated heterocycles. The summed E-state index contributed by atoms with van der Waals surface area (Å²) in [5, 5.41) is 8.78. The van der Waals surface area contributed by atoms with E-state index in [0.29, 0.717) is 5.56 Å². The van der Waals surface area contributed by atoms with E-state index in [4.69, 9.17) is 10.8 Å². The van der Waals surface area contributed by atoms with Crippen molar-refractivity contribution >= 4 is 11.9 Å². The largest absolute Gasteiger partial charge is 0.478 e. The van der Waals surface area contributed by atoms with Crippen molar-refractivity contribution in [1.29, 1.82) is 0 Å². The number of methoxy groups -OCH3 is 1. The molecule has 1 aromatic carbocycles. The minimum atomic E-state index is -1.01. The van der Waals surface area contributed by atoms with Crippen molar-refractivity contribution < 1.29 is 19.4 Å². The van der Waals surface area contributed by atoms with E-state index in [1.165, 1.54) is 19.2 Å². The highest BCUT2D eigenvalue weighted by Gasteiger charge is 2.14. The van der Waals surface area contributed by atoms with Crippen molar-refractivity contribution in [2.45, 2.75) is 12.5 Å². The Morgan fingerprint density at radius 3 is 2.75 bits per heavy atom. The Hall–Kier alpha value is -1.88. The SMILES string of the molecule is COC(=O)C(N)Cc1cccc(C(=O)O)c1. The molecule has 3 N–H and O–H groups in total. The number of hydrogen-bond donors (Lipinski definition) is 2. The van der Waals surface area contributed by atoms with Gasteiger partial charge in [-0.2, -0.15) is 0 Å². The Morgan fingerprint density at radius 1 is 1.50 bits per heavy atom. The number of esters is 1. The summed E-state index contributed by atoms with van der Waals surface area (Å²) in [4.78, 5) is 21.8. The highest BCUT2D eigenvalue weighted by molar-refractivity contribution is 5.87. The van der Waals surface area contributed by atoms with Crippen molar-refractivity contribution in [1.82, 2.24) is 0 Å². The highest BCUT2D eigenvalue weighted by atomic mass is 16.5. The summed E-state index contributed by atoms with van der Waals surface area (Å²) in [6.07, 6.45) is 0.258. The van der Waals surface area contributed by atoms with Gasteiger partial charge in [0.2, 0.25) is 0 Å². The van der Waals surface area contributed by atoms with Crippen LogP contribution in [0.3, 0.4) is 0 Å². The zero-order valence-corrected chi connectivity index (χ0v) is 8.84. The molecule has 0 heterocycles. The van der Waals surface area contributed by atoms with Gasteiger partial charge in [-0.05, 0) is 24.1 Å². The second-order valence-electron chi connectivity index (χ2n) is 3.34. The average Bonchev–Trinajstić information content (AvgIpc) is 2.28. The highest BCUT2D eigenvalue weighted by Crippen LogP contribution is 2.07. The number of rotatable bonds is 4. The van der Waals surface area contributed by atoms with E-state index in [2.05, 4.69) is 4.74 Å². The van der Waals surface area contributed by atoms with Crippen LogP contribution in [0.25, 0.3) is 0 Å². The molecule has 0 aromatic heterocycles. The molecule has 1 atom stereocenters. The molecule has 5 nitrogen and oxygen atoms in total. The van der Waals surface area contributed by atoms with Crippen LogP contribution in [0.4, 0.5) is 0 Å². The summed E-state index contributed by atoms with van der Waals surface area (Å²) in [7, 11) is 1.26. The second kappa shape index (κ2) is 5.27. The lowest BCUT2D eigenvalue weighted by Gasteiger charge is -2.09. The van der Waals surface area contributed by atoms with Gasteiger partial charge in [0.1, 0.15) is 6.04 Å². The zero-order chi connectivity index (χ0) is 12.1. The zero-order valence-electron chi connectivity index (χ0n) is 8.84. The Morgan fingerprint density at radius 2 is 2.19 bits per heavy atom. The molecule has 86 valence electrons. The van der Waals surface area contributed by atoms with Crippen LogP contribution in [-0.2, 0) is 16.0 Å². The fraction of sp³-hybridized carbons (Fsp3) is 0.273. The third-order valence-corrected chi connectivity index (χ3v) is 2.13. The fourth-order valence-corrected chi connectivity index (χ4v) is 1.32. The average molecular weight is 223 g/mol. The van der Waals surface area contributed by atoms with Crippen LogP contribution in [0, 0.1) is 0 Å². The molecular formula is C11H13NO4. The van der Waals surface area contributed by atoms with Gasteiger partial charge in [-0.1, -0.05) is 12.1 Å². The lowest BCUT2D eigenvalue weighted by atomic mass is 10.0. The number of carboxylic acids is 1. The van der Waals surface area contributed by atoms with Crippen LogP contribution in [0.5, 0.6) is 0 Å². The van der Waals surface area contributed by atoms with Crippen LogP contribution in [0.1, 0.15) is 15.9 Å². The number of nitrogens with two attached hydrogens (primary N) is 1. The van der Waals surface area contributed by atoms with Crippen LogP contribution >= 0.6 is 0 Å². The van der Waals surface area contributed by atoms with E-state index >= 15 is 0 Å². The molecule has 0 spiro atoms. The molecule has 0 aliphatic rings. The van der Waals surface area contributed by atoms with E-state index in [9.17, 15) is 9.59 Å². The third-order valence-electron chi connectivity index (χ3n) is 2.13. The van der Waals surface area contributed by atoms with Crippen LogP contribution < -0.4 is 5.73 Å². The molecule has 0 fully saturated rings. The molecule has 0 radical (unpaired) electrons. The first kappa shape index (κ1) is 12.2. The second-order valence-corrected chi connectivity index (χ2v) is 3.34. The molecule has 0 aliphatic carbocycles. The predicted molar refractivity (Wildman–Crippen MR) is 57.1 cm³/mol. The van der Waals surface area contributed by atoms with Gasteiger partial charge in [0.15, 0.2) is 0 Å². The third kappa shape index (κ3) is 3.06. The summed E-state index contributed by atoms with van der Waals surface area (Å²) < 4.78 is 4.48. The fourth-order valence-electron chi connectivity index (χ4n) is 1.32. The van der Waals surface area contributed by atoms with Gasteiger partial charge in [-0.15, -0.1) is 0 Å². The predicted octanol–water partition coefficient (Wildman–Crippen LogP) is 0.428. The van der Waals surface area contributed by atoms with Gasteiger partial charge < -0.3 is 15.6 Å². The maximum Gasteiger partial charge on any atom is 0.335 e. The van der Waals surface area contributed by atoms with Gasteiger partial charge in [-0.3, -0.25) is 4.79 Å². The Labute approximate surface area is 92.8 Å². The normalized spacial score (nSPS) is 11.9. The van der Waals surface area contributed by atoms with E-state index < -0.39 is 18.0 Å². The molecule has 0 saturated carbocycles. The minimum Gasteiger partial charge on any atom is -0.478 e. The maximum atomic E-state index is 11.1. The van der Waals surface area contributed by atoms with E-state index in [1.54, 1.807) is 12.1 Å². The Balaban J connectivity index is 2.78. The molecule has 1 aromatic rings. The number of hydrogen-bond acceptors (Lipinski definition) is 4. The standard InChI is InChI=1S/C11H13NO4/c1-16-11(15)9(12)6-7-3-2-4-8(5-7)10(13)14/h2-5,9H,6,12H2,1H3,(H,13,14). The Bertz CT molecular complexity index is 403. The molecular weight excluding hydrogens is 210 g/mol. The quantitative estimate of drug-likeness (QED) is 0.722. The Kier molecular flexibility index (Phi) is 4.02. The molecule has 5 heteroatoms. The summed E-state index contributed by atoms with van der Waals surface area (Å²) >= 11 is 0. The van der Waals surface area contributed by atoms with Gasteiger partial charge in [0.25, 0.3) is 0 Å². The number of carbonyl (C=O) groups excluding carboxylic acids is 1. The number of carbonyl (C=O) groups is 2. The molecule has 1 rings (SSSR count). The molecule has 16 heavy (non-hydrogen) atoms. The summed E-state index contributed by atoms with van der Waals surface area (Å²) in [6.45, 7) is 0. The number of aromatic carboxylic acids is 1. The lowest BCUT2D eigenvalue weighted by Crippen LogP contribution is -2.33. The minimum absolute atomic E-state index is 0.176. The topological polar surface area (TPSA) is 89.6 Å². The van der Waals surface area contributed by atoms with Crippen LogP contribution in [0.2, 0.25) is 0 Å². The summed E-state index contributed by atoms with van der Waals surface area (Å²) in [6, 6.07) is 5.53. The summed E-state index contributed by atoms with van der Waals surface area (Å²) in [5.74, 6) is -1.52. The molecule has 0 aliphatic heterocycles. The first-order valence-corrected chi connectivity index (χ1v) is 4.70. The first-order chi connectivity index (χ1) is 7.54. The molecule has 0 amide bonds. The van der Waals surface area contributed by atoms with Crippen molar-refractivity contribution in [3.05, 3.63) is 35.4 Å². The van der Waals surface area contributed by atoms with Crippen molar-refractivity contribution in [3.63, 3.8) is 0 Å². The van der Waals surface area contributed by atoms with Gasteiger partial charge in [-0.25, -0.2) is 4.79 Å². The van der Waals surface area contributed by atoms with Crippen molar-refractivity contribution in [3.8, 4) is 0 Å². The number of benzene rings is 1. The van der Waals surface area contributed by atoms with Gasteiger partial charge >= 0.3 is 11.9 Å². The van der Waals surface area contributed by atoms with E-state index in [-0.39, 0.29) is 12.0 Å². The summed E-state index contributed by atoms with van der Waals surface area (Å²) in [5.41, 5.74) is 6.43.